The third-order valence-electron chi connectivity index (χ3n) is 4.07. The number of hydrogen-bond acceptors (Lipinski definition) is 4. The molecule has 0 saturated heterocycles. The van der Waals surface area contributed by atoms with E-state index in [0.717, 1.165) is 18.2 Å². The first kappa shape index (κ1) is 12.1. The van der Waals surface area contributed by atoms with E-state index in [1.54, 1.807) is 18.3 Å². The van der Waals surface area contributed by atoms with Crippen molar-refractivity contribution in [3.63, 3.8) is 0 Å². The van der Waals surface area contributed by atoms with Gasteiger partial charge < -0.3 is 10.2 Å². The fourth-order valence-electron chi connectivity index (χ4n) is 2.98. The highest BCUT2D eigenvalue weighted by Gasteiger charge is 2.22. The molecule has 0 amide bonds. The number of pyridine rings is 1. The molecule has 4 nitrogen and oxygen atoms in total. The number of benzene rings is 1. The molecule has 4 rings (SSSR count). The molecule has 0 atom stereocenters. The molecule has 0 radical (unpaired) electrons. The Morgan fingerprint density at radius 3 is 2.81 bits per heavy atom. The number of aromatic nitrogens is 1. The molecule has 1 aromatic carbocycles. The van der Waals surface area contributed by atoms with Gasteiger partial charge in [0.25, 0.3) is 0 Å². The third-order valence-corrected chi connectivity index (χ3v) is 4.07. The van der Waals surface area contributed by atoms with Crippen molar-refractivity contribution in [1.82, 2.24) is 4.98 Å². The molecule has 3 aromatic rings. The standard InChI is InChI=1S/C17H14N2O2/c18-15-13-7-10-3-1-4-11(10)8-14(13)21-17(15)16(20)12-5-2-6-19-9-12/h2,5-9H,1,3-4,18H2. The Balaban J connectivity index is 1.87. The Labute approximate surface area is 121 Å². The Kier molecular flexibility index (Phi) is 2.57. The van der Waals surface area contributed by atoms with Gasteiger partial charge in [0, 0.05) is 23.3 Å². The van der Waals surface area contributed by atoms with Gasteiger partial charge in [-0.3, -0.25) is 9.78 Å². The molecule has 21 heavy (non-hydrogen) atoms. The first-order valence-corrected chi connectivity index (χ1v) is 7.02. The van der Waals surface area contributed by atoms with Crippen LogP contribution in [0.2, 0.25) is 0 Å². The summed E-state index contributed by atoms with van der Waals surface area (Å²) in [6.45, 7) is 0. The zero-order valence-corrected chi connectivity index (χ0v) is 11.4. The number of anilines is 1. The fourth-order valence-corrected chi connectivity index (χ4v) is 2.98. The van der Waals surface area contributed by atoms with Crippen molar-refractivity contribution in [2.75, 3.05) is 5.73 Å². The van der Waals surface area contributed by atoms with Crippen LogP contribution in [-0.2, 0) is 12.8 Å². The number of nitrogens with zero attached hydrogens (tertiary/aromatic N) is 1. The van der Waals surface area contributed by atoms with Gasteiger partial charge in [0.2, 0.25) is 5.78 Å². The van der Waals surface area contributed by atoms with E-state index < -0.39 is 0 Å². The molecule has 4 heteroatoms. The Morgan fingerprint density at radius 2 is 2.05 bits per heavy atom. The maximum absolute atomic E-state index is 12.5. The zero-order valence-electron chi connectivity index (χ0n) is 11.4. The van der Waals surface area contributed by atoms with Crippen LogP contribution < -0.4 is 5.73 Å². The van der Waals surface area contributed by atoms with Gasteiger partial charge in [-0.15, -0.1) is 0 Å². The summed E-state index contributed by atoms with van der Waals surface area (Å²) < 4.78 is 5.74. The number of carbonyl (C=O) groups excluding carboxylic acids is 1. The SMILES string of the molecule is Nc1c(C(=O)c2cccnc2)oc2cc3c(cc12)CCC3. The van der Waals surface area contributed by atoms with E-state index >= 15 is 0 Å². The Bertz CT molecular complexity index is 850. The molecular formula is C17H14N2O2. The second-order valence-corrected chi connectivity index (χ2v) is 5.39. The van der Waals surface area contributed by atoms with E-state index in [9.17, 15) is 4.79 Å². The summed E-state index contributed by atoms with van der Waals surface area (Å²) >= 11 is 0. The van der Waals surface area contributed by atoms with Gasteiger partial charge in [-0.05, 0) is 54.7 Å². The Hall–Kier alpha value is -2.62. The molecule has 0 spiro atoms. The first-order chi connectivity index (χ1) is 10.2. The van der Waals surface area contributed by atoms with Crippen LogP contribution in [0.4, 0.5) is 5.69 Å². The van der Waals surface area contributed by atoms with Crippen LogP contribution >= 0.6 is 0 Å². The summed E-state index contributed by atoms with van der Waals surface area (Å²) in [5.41, 5.74) is 10.4. The van der Waals surface area contributed by atoms with Gasteiger partial charge in [0.05, 0.1) is 5.69 Å². The number of nitrogens with two attached hydrogens (primary N) is 1. The largest absolute Gasteiger partial charge is 0.450 e. The monoisotopic (exact) mass is 278 g/mol. The van der Waals surface area contributed by atoms with Gasteiger partial charge in [0.1, 0.15) is 5.58 Å². The first-order valence-electron chi connectivity index (χ1n) is 7.02. The van der Waals surface area contributed by atoms with Crippen molar-refractivity contribution in [3.8, 4) is 0 Å². The van der Waals surface area contributed by atoms with Crippen LogP contribution in [-0.4, -0.2) is 10.8 Å². The molecule has 1 aliphatic rings. The number of carbonyl (C=O) groups is 1. The minimum absolute atomic E-state index is 0.210. The maximum atomic E-state index is 12.5. The van der Waals surface area contributed by atoms with Crippen molar-refractivity contribution < 1.29 is 9.21 Å². The molecule has 0 fully saturated rings. The van der Waals surface area contributed by atoms with E-state index in [4.69, 9.17) is 10.2 Å². The van der Waals surface area contributed by atoms with Crippen LogP contribution in [0.15, 0.2) is 41.1 Å². The van der Waals surface area contributed by atoms with Crippen LogP contribution in [0.1, 0.15) is 33.7 Å². The van der Waals surface area contributed by atoms with Gasteiger partial charge in [-0.1, -0.05) is 0 Å². The molecular weight excluding hydrogens is 264 g/mol. The lowest BCUT2D eigenvalue weighted by atomic mass is 10.1. The predicted octanol–water partition coefficient (Wildman–Crippen LogP) is 3.13. The smallest absolute Gasteiger partial charge is 0.231 e. The molecule has 104 valence electrons. The lowest BCUT2D eigenvalue weighted by molar-refractivity contribution is 0.101. The summed E-state index contributed by atoms with van der Waals surface area (Å²) in [6.07, 6.45) is 6.46. The molecule has 0 bridgehead atoms. The van der Waals surface area contributed by atoms with Crippen LogP contribution in [0.5, 0.6) is 0 Å². The van der Waals surface area contributed by atoms with Crippen molar-refractivity contribution in [3.05, 3.63) is 59.1 Å². The van der Waals surface area contributed by atoms with Crippen molar-refractivity contribution in [1.29, 1.82) is 0 Å². The summed E-state index contributed by atoms with van der Waals surface area (Å²) in [5.74, 6) is -0.0152. The summed E-state index contributed by atoms with van der Waals surface area (Å²) in [5, 5.41) is 0.836. The molecule has 0 unspecified atom stereocenters. The van der Waals surface area contributed by atoms with Crippen molar-refractivity contribution in [2.24, 2.45) is 0 Å². The second-order valence-electron chi connectivity index (χ2n) is 5.39. The van der Waals surface area contributed by atoms with Crippen molar-refractivity contribution in [2.45, 2.75) is 19.3 Å². The third kappa shape index (κ3) is 1.83. The highest BCUT2D eigenvalue weighted by atomic mass is 16.3. The van der Waals surface area contributed by atoms with E-state index in [1.807, 2.05) is 6.07 Å². The highest BCUT2D eigenvalue weighted by molar-refractivity contribution is 6.14. The topological polar surface area (TPSA) is 69.1 Å². The molecule has 1 aliphatic carbocycles. The number of hydrogen-bond donors (Lipinski definition) is 1. The van der Waals surface area contributed by atoms with Crippen LogP contribution in [0, 0.1) is 0 Å². The Morgan fingerprint density at radius 1 is 1.24 bits per heavy atom. The molecule has 2 heterocycles. The second kappa shape index (κ2) is 4.45. The van der Waals surface area contributed by atoms with Gasteiger partial charge in [0.15, 0.2) is 5.76 Å². The number of nitrogen functional groups attached to an aromatic ring is 1. The number of aryl methyl sites for hydroxylation is 2. The summed E-state index contributed by atoms with van der Waals surface area (Å²) in [7, 11) is 0. The van der Waals surface area contributed by atoms with Gasteiger partial charge >= 0.3 is 0 Å². The molecule has 0 saturated carbocycles. The number of rotatable bonds is 2. The highest BCUT2D eigenvalue weighted by Crippen LogP contribution is 2.34. The maximum Gasteiger partial charge on any atom is 0.231 e. The van der Waals surface area contributed by atoms with E-state index in [1.165, 1.54) is 23.7 Å². The summed E-state index contributed by atoms with van der Waals surface area (Å²) in [6, 6.07) is 7.52. The molecule has 0 aliphatic heterocycles. The lowest BCUT2D eigenvalue weighted by Gasteiger charge is -1.98. The van der Waals surface area contributed by atoms with E-state index in [0.29, 0.717) is 16.8 Å². The number of fused-ring (bicyclic) bond motifs is 2. The lowest BCUT2D eigenvalue weighted by Crippen LogP contribution is -2.03. The summed E-state index contributed by atoms with van der Waals surface area (Å²) in [4.78, 5) is 16.4. The van der Waals surface area contributed by atoms with Crippen LogP contribution in [0.25, 0.3) is 11.0 Å². The zero-order chi connectivity index (χ0) is 14.4. The minimum atomic E-state index is -0.225. The van der Waals surface area contributed by atoms with E-state index in [-0.39, 0.29) is 11.5 Å². The normalized spacial score (nSPS) is 13.5. The number of ketones is 1. The van der Waals surface area contributed by atoms with E-state index in [2.05, 4.69) is 11.1 Å². The molecule has 2 N–H and O–H groups in total. The number of furan rings is 1. The average Bonchev–Trinajstić information content (AvgIpc) is 3.10. The fraction of sp³-hybridized carbons (Fsp3) is 0.176. The minimum Gasteiger partial charge on any atom is -0.450 e. The van der Waals surface area contributed by atoms with Crippen LogP contribution in [0.3, 0.4) is 0 Å². The van der Waals surface area contributed by atoms with Gasteiger partial charge in [-0.2, -0.15) is 0 Å². The predicted molar refractivity (Wildman–Crippen MR) is 80.3 cm³/mol. The molecule has 2 aromatic heterocycles. The quantitative estimate of drug-likeness (QED) is 0.731. The average molecular weight is 278 g/mol. The van der Waals surface area contributed by atoms with Crippen molar-refractivity contribution >= 4 is 22.4 Å². The van der Waals surface area contributed by atoms with Gasteiger partial charge in [-0.25, -0.2) is 0 Å².